The lowest BCUT2D eigenvalue weighted by molar-refractivity contribution is 0.0996. The average molecular weight is 464 g/mol. The molecule has 0 heterocycles. The Balaban J connectivity index is 1.83. The highest BCUT2D eigenvalue weighted by atomic mass is 16.5. The Kier molecular flexibility index (Phi) is 9.01. The second kappa shape index (κ2) is 11.6. The first-order valence-corrected chi connectivity index (χ1v) is 13.0. The van der Waals surface area contributed by atoms with Crippen molar-refractivity contribution in [3.05, 3.63) is 64.7 Å². The third-order valence-corrected chi connectivity index (χ3v) is 6.66. The van der Waals surface area contributed by atoms with Gasteiger partial charge in [0.2, 0.25) is 0 Å². The summed E-state index contributed by atoms with van der Waals surface area (Å²) in [6.07, 6.45) is 10.2. The summed E-state index contributed by atoms with van der Waals surface area (Å²) >= 11 is 0. The standard InChI is InChI=1S/C31H45NO2/c1-30(2,3)27-19-24(18-17-23-13-9-7-10-14-23)20-28(31(4,5)6)29(27)34-22-26(33)21-32-25-15-11-8-12-16-25/h7,9-10,13-14,17-20,25-26,32-33H,8,11-12,15-16,21-22H2,1-6H3/b18-17+. The topological polar surface area (TPSA) is 41.5 Å². The number of rotatable bonds is 8. The van der Waals surface area contributed by atoms with Gasteiger partial charge in [-0.25, -0.2) is 0 Å². The highest BCUT2D eigenvalue weighted by Crippen LogP contribution is 2.41. The van der Waals surface area contributed by atoms with Crippen LogP contribution in [-0.2, 0) is 10.8 Å². The van der Waals surface area contributed by atoms with Gasteiger partial charge in [-0.15, -0.1) is 0 Å². The molecule has 0 aromatic heterocycles. The predicted molar refractivity (Wildman–Crippen MR) is 146 cm³/mol. The van der Waals surface area contributed by atoms with Gasteiger partial charge in [-0.1, -0.05) is 103 Å². The molecule has 2 aromatic carbocycles. The molecule has 3 rings (SSSR count). The lowest BCUT2D eigenvalue weighted by Gasteiger charge is -2.31. The molecule has 1 atom stereocenters. The van der Waals surface area contributed by atoms with Gasteiger partial charge in [0.1, 0.15) is 18.5 Å². The van der Waals surface area contributed by atoms with Gasteiger partial charge in [0.15, 0.2) is 0 Å². The van der Waals surface area contributed by atoms with Crippen LogP contribution in [-0.4, -0.2) is 30.4 Å². The first-order valence-electron chi connectivity index (χ1n) is 13.0. The molecule has 1 aliphatic rings. The zero-order valence-corrected chi connectivity index (χ0v) is 22.2. The fraction of sp³-hybridized carbons (Fsp3) is 0.548. The van der Waals surface area contributed by atoms with Gasteiger partial charge >= 0.3 is 0 Å². The molecule has 2 N–H and O–H groups in total. The molecule has 0 aliphatic heterocycles. The number of hydrogen-bond donors (Lipinski definition) is 2. The smallest absolute Gasteiger partial charge is 0.126 e. The van der Waals surface area contributed by atoms with Gasteiger partial charge in [-0.2, -0.15) is 0 Å². The molecule has 1 unspecified atom stereocenters. The Morgan fingerprint density at radius 1 is 0.882 bits per heavy atom. The molecule has 0 bridgehead atoms. The molecular formula is C31H45NO2. The zero-order chi connectivity index (χ0) is 24.8. The Hall–Kier alpha value is -2.10. The van der Waals surface area contributed by atoms with E-state index in [1.54, 1.807) is 0 Å². The number of benzene rings is 2. The van der Waals surface area contributed by atoms with E-state index in [9.17, 15) is 5.11 Å². The molecule has 3 nitrogen and oxygen atoms in total. The van der Waals surface area contributed by atoms with Crippen molar-refractivity contribution in [2.75, 3.05) is 13.2 Å². The quantitative estimate of drug-likeness (QED) is 0.410. The van der Waals surface area contributed by atoms with Gasteiger partial charge in [-0.3, -0.25) is 0 Å². The molecule has 186 valence electrons. The van der Waals surface area contributed by atoms with Gasteiger partial charge in [0, 0.05) is 23.7 Å². The Bertz CT molecular complexity index is 893. The van der Waals surface area contributed by atoms with Crippen molar-refractivity contribution < 1.29 is 9.84 Å². The number of aliphatic hydroxyl groups is 1. The zero-order valence-electron chi connectivity index (χ0n) is 22.2. The molecule has 1 fully saturated rings. The minimum atomic E-state index is -0.528. The van der Waals surface area contributed by atoms with Crippen LogP contribution in [0.1, 0.15) is 95.9 Å². The molecule has 0 radical (unpaired) electrons. The molecule has 1 aliphatic carbocycles. The van der Waals surface area contributed by atoms with Crippen molar-refractivity contribution in [1.82, 2.24) is 5.32 Å². The third-order valence-electron chi connectivity index (χ3n) is 6.66. The van der Waals surface area contributed by atoms with Crippen LogP contribution in [0.15, 0.2) is 42.5 Å². The SMILES string of the molecule is CC(C)(C)c1cc(/C=C/c2ccccc2)cc(C(C)(C)C)c1OCC(O)CNC1CCCCC1. The van der Waals surface area contributed by atoms with Gasteiger partial charge < -0.3 is 15.2 Å². The van der Waals surface area contributed by atoms with Gasteiger partial charge in [0.25, 0.3) is 0 Å². The van der Waals surface area contributed by atoms with E-state index >= 15 is 0 Å². The molecule has 0 spiro atoms. The summed E-state index contributed by atoms with van der Waals surface area (Å²) in [6, 6.07) is 15.4. The summed E-state index contributed by atoms with van der Waals surface area (Å²) in [7, 11) is 0. The lowest BCUT2D eigenvalue weighted by Crippen LogP contribution is -2.39. The maximum absolute atomic E-state index is 10.7. The van der Waals surface area contributed by atoms with Gasteiger partial charge in [0.05, 0.1) is 0 Å². The molecule has 0 amide bonds. The van der Waals surface area contributed by atoms with Crippen LogP contribution >= 0.6 is 0 Å². The largest absolute Gasteiger partial charge is 0.490 e. The maximum atomic E-state index is 10.7. The number of hydrogen-bond acceptors (Lipinski definition) is 3. The first kappa shape index (κ1) is 26.5. The van der Waals surface area contributed by atoms with Crippen molar-refractivity contribution in [2.45, 2.75) is 96.6 Å². The highest BCUT2D eigenvalue weighted by molar-refractivity contribution is 5.71. The Morgan fingerprint density at radius 3 is 2.00 bits per heavy atom. The van der Waals surface area contributed by atoms with E-state index in [-0.39, 0.29) is 10.8 Å². The summed E-state index contributed by atoms with van der Waals surface area (Å²) < 4.78 is 6.43. The minimum Gasteiger partial charge on any atom is -0.490 e. The number of nitrogens with one attached hydrogen (secondary N) is 1. The Labute approximate surface area is 207 Å². The van der Waals surface area contributed by atoms with Gasteiger partial charge in [-0.05, 0) is 46.9 Å². The van der Waals surface area contributed by atoms with Crippen molar-refractivity contribution in [2.24, 2.45) is 0 Å². The fourth-order valence-electron chi connectivity index (χ4n) is 4.62. The number of aliphatic hydroxyl groups excluding tert-OH is 1. The maximum Gasteiger partial charge on any atom is 0.126 e. The number of ether oxygens (including phenoxy) is 1. The fourth-order valence-corrected chi connectivity index (χ4v) is 4.62. The van der Waals surface area contributed by atoms with Crippen molar-refractivity contribution in [3.63, 3.8) is 0 Å². The monoisotopic (exact) mass is 463 g/mol. The van der Waals surface area contributed by atoms with Crippen molar-refractivity contribution in [3.8, 4) is 5.75 Å². The molecule has 34 heavy (non-hydrogen) atoms. The predicted octanol–water partition coefficient (Wildman–Crippen LogP) is 7.11. The van der Waals surface area contributed by atoms with E-state index in [1.807, 2.05) is 6.07 Å². The van der Waals surface area contributed by atoms with Crippen LogP contribution in [0.2, 0.25) is 0 Å². The van der Waals surface area contributed by atoms with E-state index in [0.29, 0.717) is 19.2 Å². The van der Waals surface area contributed by atoms with Crippen LogP contribution in [0.25, 0.3) is 12.2 Å². The van der Waals surface area contributed by atoms with E-state index in [2.05, 4.69) is 95.4 Å². The highest BCUT2D eigenvalue weighted by Gasteiger charge is 2.28. The van der Waals surface area contributed by atoms with Crippen LogP contribution < -0.4 is 10.1 Å². The van der Waals surface area contributed by atoms with Crippen molar-refractivity contribution >= 4 is 12.2 Å². The van der Waals surface area contributed by atoms with E-state index in [1.165, 1.54) is 54.4 Å². The Morgan fingerprint density at radius 2 is 1.44 bits per heavy atom. The summed E-state index contributed by atoms with van der Waals surface area (Å²) in [6.45, 7) is 14.3. The summed E-state index contributed by atoms with van der Waals surface area (Å²) in [5, 5.41) is 14.2. The second-order valence-corrected chi connectivity index (χ2v) is 11.9. The van der Waals surface area contributed by atoms with Crippen LogP contribution in [0, 0.1) is 0 Å². The summed E-state index contributed by atoms with van der Waals surface area (Å²) in [5.74, 6) is 0.925. The molecule has 1 saturated carbocycles. The normalized spacial score (nSPS) is 16.7. The third kappa shape index (κ3) is 7.71. The minimum absolute atomic E-state index is 0.0861. The lowest BCUT2D eigenvalue weighted by atomic mass is 9.78. The molecular weight excluding hydrogens is 418 g/mol. The average Bonchev–Trinajstić information content (AvgIpc) is 2.80. The summed E-state index contributed by atoms with van der Waals surface area (Å²) in [4.78, 5) is 0. The van der Waals surface area contributed by atoms with E-state index in [4.69, 9.17) is 4.74 Å². The van der Waals surface area contributed by atoms with Crippen LogP contribution in [0.4, 0.5) is 0 Å². The second-order valence-electron chi connectivity index (χ2n) is 11.9. The first-order chi connectivity index (χ1) is 16.0. The van der Waals surface area contributed by atoms with E-state index < -0.39 is 6.10 Å². The molecule has 0 saturated heterocycles. The van der Waals surface area contributed by atoms with Crippen LogP contribution in [0.3, 0.4) is 0 Å². The van der Waals surface area contributed by atoms with Crippen molar-refractivity contribution in [1.29, 1.82) is 0 Å². The molecule has 2 aromatic rings. The van der Waals surface area contributed by atoms with Crippen LogP contribution in [0.5, 0.6) is 5.75 Å². The van der Waals surface area contributed by atoms with E-state index in [0.717, 1.165) is 5.75 Å². The summed E-state index contributed by atoms with van der Waals surface area (Å²) in [5.41, 5.74) is 4.55. The molecule has 3 heteroatoms.